The number of ketones is 1. The molecule has 1 heterocycles. The van der Waals surface area contributed by atoms with Gasteiger partial charge >= 0.3 is 0 Å². The number of benzene rings is 2. The van der Waals surface area contributed by atoms with Crippen molar-refractivity contribution in [2.75, 3.05) is 0 Å². The summed E-state index contributed by atoms with van der Waals surface area (Å²) >= 11 is 0. The number of carbonyl (C=O) groups excluding carboxylic acids is 1. The van der Waals surface area contributed by atoms with Gasteiger partial charge in [0.05, 0.1) is 0 Å². The van der Waals surface area contributed by atoms with Gasteiger partial charge < -0.3 is 10.1 Å². The van der Waals surface area contributed by atoms with Gasteiger partial charge in [0.1, 0.15) is 23.2 Å². The summed E-state index contributed by atoms with van der Waals surface area (Å²) in [6.45, 7) is 0. The van der Waals surface area contributed by atoms with Crippen molar-refractivity contribution < 1.29 is 14.3 Å². The van der Waals surface area contributed by atoms with E-state index in [0.717, 1.165) is 0 Å². The minimum absolute atomic E-state index is 0.0473. The molecule has 0 aliphatic heterocycles. The summed E-state index contributed by atoms with van der Waals surface area (Å²) < 4.78 is 13.2. The van der Waals surface area contributed by atoms with Gasteiger partial charge in [0.2, 0.25) is 5.78 Å². The van der Waals surface area contributed by atoms with Crippen molar-refractivity contribution in [2.24, 2.45) is 0 Å². The summed E-state index contributed by atoms with van der Waals surface area (Å²) in [5.41, 5.74) is 1.26. The van der Waals surface area contributed by atoms with Crippen LogP contribution in [0.2, 0.25) is 0 Å². The number of nitrogens with one attached hydrogen (secondary N) is 1. The Labute approximate surface area is 131 Å². The predicted octanol–water partition coefficient (Wildman–Crippen LogP) is 3.80. The Bertz CT molecular complexity index is 980. The third-order valence-corrected chi connectivity index (χ3v) is 3.43. The van der Waals surface area contributed by atoms with E-state index >= 15 is 0 Å². The molecule has 4 nitrogen and oxygen atoms in total. The number of Topliss-reactive ketones (excluding diaryl/α,β-unsaturated/α-hetero) is 1. The second-order valence-corrected chi connectivity index (χ2v) is 4.99. The van der Waals surface area contributed by atoms with Crippen LogP contribution in [-0.4, -0.2) is 15.9 Å². The summed E-state index contributed by atoms with van der Waals surface area (Å²) in [7, 11) is 0. The fourth-order valence-corrected chi connectivity index (χ4v) is 2.36. The first kappa shape index (κ1) is 14.5. The molecule has 0 spiro atoms. The van der Waals surface area contributed by atoms with Gasteiger partial charge in [-0.3, -0.25) is 4.79 Å². The Hall–Kier alpha value is -3.39. The highest BCUT2D eigenvalue weighted by Gasteiger charge is 2.17. The molecular formula is C18H11FN2O2. The third kappa shape index (κ3) is 2.83. The summed E-state index contributed by atoms with van der Waals surface area (Å²) in [5, 5.41) is 19.3. The van der Waals surface area contributed by atoms with Crippen molar-refractivity contribution in [1.82, 2.24) is 4.98 Å². The number of aromatic hydroxyl groups is 1. The summed E-state index contributed by atoms with van der Waals surface area (Å²) in [6, 6.07) is 12.2. The fraction of sp³-hybridized carbons (Fsp3) is 0. The molecule has 3 aromatic rings. The smallest absolute Gasteiger partial charge is 0.205 e. The van der Waals surface area contributed by atoms with Gasteiger partial charge in [-0.05, 0) is 42.0 Å². The quantitative estimate of drug-likeness (QED) is 0.439. The number of nitrogens with zero attached hydrogens (tertiary/aromatic N) is 1. The lowest BCUT2D eigenvalue weighted by atomic mass is 10.0. The van der Waals surface area contributed by atoms with Gasteiger partial charge in [-0.25, -0.2) is 4.39 Å². The van der Waals surface area contributed by atoms with Crippen LogP contribution in [0.3, 0.4) is 0 Å². The minimum atomic E-state index is -0.464. The van der Waals surface area contributed by atoms with Crippen LogP contribution in [0.5, 0.6) is 5.75 Å². The fourth-order valence-electron chi connectivity index (χ4n) is 2.36. The van der Waals surface area contributed by atoms with Gasteiger partial charge in [0, 0.05) is 22.7 Å². The molecule has 0 aliphatic carbocycles. The van der Waals surface area contributed by atoms with Crippen LogP contribution in [0.15, 0.2) is 54.2 Å². The molecule has 0 fully saturated rings. The second-order valence-electron chi connectivity index (χ2n) is 4.99. The van der Waals surface area contributed by atoms with Crippen LogP contribution in [0.4, 0.5) is 4.39 Å². The standard InChI is InChI=1S/C18H11FN2O2/c19-13-4-5-15-16(10-21-17(15)8-13)18(23)12(9-20)6-11-2-1-3-14(22)7-11/h1-8,10,21-22H/b12-6-. The highest BCUT2D eigenvalue weighted by Crippen LogP contribution is 2.23. The zero-order chi connectivity index (χ0) is 16.4. The van der Waals surface area contributed by atoms with Gasteiger partial charge in [0.25, 0.3) is 0 Å². The summed E-state index contributed by atoms with van der Waals surface area (Å²) in [4.78, 5) is 15.4. The lowest BCUT2D eigenvalue weighted by molar-refractivity contribution is 0.104. The molecule has 112 valence electrons. The van der Waals surface area contributed by atoms with Crippen LogP contribution in [0.1, 0.15) is 15.9 Å². The van der Waals surface area contributed by atoms with E-state index in [2.05, 4.69) is 4.98 Å². The maximum atomic E-state index is 13.2. The number of aromatic nitrogens is 1. The van der Waals surface area contributed by atoms with Crippen molar-refractivity contribution in [1.29, 1.82) is 5.26 Å². The molecule has 0 saturated heterocycles. The van der Waals surface area contributed by atoms with Crippen molar-refractivity contribution in [3.8, 4) is 11.8 Å². The molecule has 0 saturated carbocycles. The lowest BCUT2D eigenvalue weighted by Crippen LogP contribution is -2.01. The molecule has 0 atom stereocenters. The zero-order valence-electron chi connectivity index (χ0n) is 11.9. The lowest BCUT2D eigenvalue weighted by Gasteiger charge is -2.00. The Morgan fingerprint density at radius 2 is 2.09 bits per heavy atom. The maximum Gasteiger partial charge on any atom is 0.205 e. The van der Waals surface area contributed by atoms with E-state index in [1.54, 1.807) is 12.1 Å². The van der Waals surface area contributed by atoms with Crippen molar-refractivity contribution in [3.63, 3.8) is 0 Å². The Morgan fingerprint density at radius 1 is 1.26 bits per heavy atom. The Morgan fingerprint density at radius 3 is 2.83 bits per heavy atom. The predicted molar refractivity (Wildman–Crippen MR) is 84.3 cm³/mol. The Kier molecular flexibility index (Phi) is 3.65. The molecule has 2 N–H and O–H groups in total. The van der Waals surface area contributed by atoms with Gasteiger partial charge in [-0.15, -0.1) is 0 Å². The van der Waals surface area contributed by atoms with Crippen molar-refractivity contribution in [3.05, 3.63) is 71.2 Å². The number of phenolic OH excluding ortho intramolecular Hbond substituents is 1. The molecule has 5 heteroatoms. The number of H-pyrrole nitrogens is 1. The molecule has 0 unspecified atom stereocenters. The van der Waals surface area contributed by atoms with E-state index in [9.17, 15) is 19.6 Å². The average molecular weight is 306 g/mol. The highest BCUT2D eigenvalue weighted by atomic mass is 19.1. The Balaban J connectivity index is 2.04. The molecule has 0 aliphatic rings. The molecule has 0 amide bonds. The number of nitriles is 1. The van der Waals surface area contributed by atoms with E-state index in [1.807, 2.05) is 6.07 Å². The third-order valence-electron chi connectivity index (χ3n) is 3.43. The number of fused-ring (bicyclic) bond motifs is 1. The number of aromatic amines is 1. The van der Waals surface area contributed by atoms with E-state index in [4.69, 9.17) is 0 Å². The molecule has 0 radical (unpaired) electrons. The van der Waals surface area contributed by atoms with E-state index in [1.165, 1.54) is 42.6 Å². The maximum absolute atomic E-state index is 13.2. The van der Waals surface area contributed by atoms with Crippen LogP contribution in [-0.2, 0) is 0 Å². The topological polar surface area (TPSA) is 76.9 Å². The largest absolute Gasteiger partial charge is 0.508 e. The molecule has 0 bridgehead atoms. The SMILES string of the molecule is N#C/C(=C/c1cccc(O)c1)C(=O)c1c[nH]c2cc(F)ccc12. The number of halogens is 1. The van der Waals surface area contributed by atoms with Gasteiger partial charge in [-0.2, -0.15) is 5.26 Å². The van der Waals surface area contributed by atoms with E-state index in [-0.39, 0.29) is 11.3 Å². The number of hydrogen-bond donors (Lipinski definition) is 2. The first-order chi connectivity index (χ1) is 11.1. The second kappa shape index (κ2) is 5.78. The number of rotatable bonds is 3. The number of phenols is 1. The molecule has 1 aromatic heterocycles. The van der Waals surface area contributed by atoms with Crippen LogP contribution in [0, 0.1) is 17.1 Å². The summed E-state index contributed by atoms with van der Waals surface area (Å²) in [5.74, 6) is -0.825. The number of carbonyl (C=O) groups is 1. The van der Waals surface area contributed by atoms with Crippen molar-refractivity contribution in [2.45, 2.75) is 0 Å². The molecule has 3 rings (SSSR count). The minimum Gasteiger partial charge on any atom is -0.508 e. The number of allylic oxidation sites excluding steroid dienone is 1. The monoisotopic (exact) mass is 306 g/mol. The first-order valence-electron chi connectivity index (χ1n) is 6.80. The average Bonchev–Trinajstić information content (AvgIpc) is 2.95. The zero-order valence-corrected chi connectivity index (χ0v) is 11.9. The van der Waals surface area contributed by atoms with Gasteiger partial charge in [-0.1, -0.05) is 12.1 Å². The van der Waals surface area contributed by atoms with E-state index in [0.29, 0.717) is 22.0 Å². The molecule has 2 aromatic carbocycles. The first-order valence-corrected chi connectivity index (χ1v) is 6.80. The van der Waals surface area contributed by atoms with Crippen LogP contribution >= 0.6 is 0 Å². The summed E-state index contributed by atoms with van der Waals surface area (Å²) in [6.07, 6.45) is 2.87. The van der Waals surface area contributed by atoms with Crippen LogP contribution < -0.4 is 0 Å². The van der Waals surface area contributed by atoms with Crippen molar-refractivity contribution >= 4 is 22.8 Å². The molecular weight excluding hydrogens is 295 g/mol. The van der Waals surface area contributed by atoms with E-state index < -0.39 is 11.6 Å². The highest BCUT2D eigenvalue weighted by molar-refractivity contribution is 6.19. The van der Waals surface area contributed by atoms with Crippen LogP contribution in [0.25, 0.3) is 17.0 Å². The normalized spacial score (nSPS) is 11.4. The number of hydrogen-bond acceptors (Lipinski definition) is 3. The van der Waals surface area contributed by atoms with Gasteiger partial charge in [0.15, 0.2) is 0 Å². The molecule has 23 heavy (non-hydrogen) atoms.